The molecule has 0 spiro atoms. The van der Waals surface area contributed by atoms with Gasteiger partial charge in [0.15, 0.2) is 0 Å². The normalized spacial score (nSPS) is 21.6. The molecule has 0 amide bonds. The molecule has 1 nitrogen and oxygen atoms in total. The highest BCUT2D eigenvalue weighted by Crippen LogP contribution is 2.53. The maximum atomic E-state index is 3.48. The molecule has 144 valence electrons. The van der Waals surface area contributed by atoms with Gasteiger partial charge in [-0.15, -0.1) is 0 Å². The van der Waals surface area contributed by atoms with E-state index >= 15 is 0 Å². The third-order valence-corrected chi connectivity index (χ3v) is 6.55. The predicted octanol–water partition coefficient (Wildman–Crippen LogP) is 7.46. The summed E-state index contributed by atoms with van der Waals surface area (Å²) in [7, 11) is 0. The number of allylic oxidation sites excluding steroid dienone is 4. The van der Waals surface area contributed by atoms with Crippen LogP contribution in [0.2, 0.25) is 0 Å². The zero-order valence-corrected chi connectivity index (χ0v) is 17.3. The van der Waals surface area contributed by atoms with Crippen LogP contribution in [0.1, 0.15) is 43.4 Å². The van der Waals surface area contributed by atoms with Gasteiger partial charge in [-0.1, -0.05) is 87.5 Å². The Morgan fingerprint density at radius 2 is 1.38 bits per heavy atom. The lowest BCUT2D eigenvalue weighted by atomic mass is 9.74. The second-order valence-corrected chi connectivity index (χ2v) is 8.83. The van der Waals surface area contributed by atoms with Gasteiger partial charge in [-0.3, -0.25) is 0 Å². The van der Waals surface area contributed by atoms with Crippen molar-refractivity contribution < 1.29 is 0 Å². The molecule has 0 saturated heterocycles. The summed E-state index contributed by atoms with van der Waals surface area (Å²) in [6, 6.07) is 28.2. The number of rotatable bonds is 3. The third-order valence-electron chi connectivity index (χ3n) is 6.55. The molecule has 0 aliphatic heterocycles. The maximum absolute atomic E-state index is 3.48. The van der Waals surface area contributed by atoms with E-state index in [1.54, 1.807) is 0 Å². The van der Waals surface area contributed by atoms with Crippen molar-refractivity contribution in [1.82, 2.24) is 0 Å². The smallest absolute Gasteiger partial charge is 0.0384 e. The molecule has 5 rings (SSSR count). The van der Waals surface area contributed by atoms with E-state index in [2.05, 4.69) is 111 Å². The number of fused-ring (bicyclic) bond motifs is 3. The van der Waals surface area contributed by atoms with Crippen molar-refractivity contribution in [2.75, 3.05) is 5.32 Å². The van der Waals surface area contributed by atoms with Crippen molar-refractivity contribution in [3.05, 3.63) is 113 Å². The molecule has 2 unspecified atom stereocenters. The molecule has 3 aromatic rings. The molecule has 3 aromatic carbocycles. The minimum Gasteiger partial charge on any atom is -0.356 e. The van der Waals surface area contributed by atoms with Gasteiger partial charge in [0.05, 0.1) is 0 Å². The average molecular weight is 378 g/mol. The third kappa shape index (κ3) is 3.02. The molecule has 29 heavy (non-hydrogen) atoms. The van der Waals surface area contributed by atoms with Crippen LogP contribution in [0.5, 0.6) is 0 Å². The Hall–Kier alpha value is -3.06. The van der Waals surface area contributed by atoms with Gasteiger partial charge < -0.3 is 5.32 Å². The molecule has 0 aromatic heterocycles. The van der Waals surface area contributed by atoms with Crippen LogP contribution in [0.3, 0.4) is 0 Å². The fourth-order valence-corrected chi connectivity index (χ4v) is 4.94. The van der Waals surface area contributed by atoms with Crippen molar-refractivity contribution in [2.45, 2.75) is 32.1 Å². The monoisotopic (exact) mass is 377 g/mol. The number of nitrogens with one attached hydrogen (secondary N) is 1. The first-order valence-electron chi connectivity index (χ1n) is 10.5. The Morgan fingerprint density at radius 3 is 2.14 bits per heavy atom. The first kappa shape index (κ1) is 18.0. The van der Waals surface area contributed by atoms with Gasteiger partial charge in [-0.2, -0.15) is 0 Å². The Kier molecular flexibility index (Phi) is 4.20. The molecule has 0 radical (unpaired) electrons. The SMILES string of the molecule is CC1C=C2C(=CC1c1ccc(Nc3ccccc3)cc1)C(C)(C)c1ccccc12. The highest BCUT2D eigenvalue weighted by molar-refractivity contribution is 5.90. The summed E-state index contributed by atoms with van der Waals surface area (Å²) in [5.41, 5.74) is 9.47. The van der Waals surface area contributed by atoms with Crippen LogP contribution in [0.15, 0.2) is 96.6 Å². The lowest BCUT2D eigenvalue weighted by molar-refractivity contribution is 0.601. The van der Waals surface area contributed by atoms with E-state index in [0.717, 1.165) is 11.4 Å². The van der Waals surface area contributed by atoms with Gasteiger partial charge in [-0.25, -0.2) is 0 Å². The first-order valence-corrected chi connectivity index (χ1v) is 10.5. The molecule has 1 heteroatoms. The molecule has 2 aliphatic rings. The van der Waals surface area contributed by atoms with E-state index in [9.17, 15) is 0 Å². The van der Waals surface area contributed by atoms with Crippen LogP contribution < -0.4 is 5.32 Å². The Morgan fingerprint density at radius 1 is 0.724 bits per heavy atom. The average Bonchev–Trinajstić information content (AvgIpc) is 2.96. The standard InChI is InChI=1S/C28H27N/c1-19-17-25-23-11-7-8-12-26(23)28(2,3)27(25)18-24(19)20-13-15-22(16-14-20)29-21-9-5-4-6-10-21/h4-19,24,29H,1-3H3. The quantitative estimate of drug-likeness (QED) is 0.499. The summed E-state index contributed by atoms with van der Waals surface area (Å²) in [5.74, 6) is 0.886. The Balaban J connectivity index is 1.46. The van der Waals surface area contributed by atoms with E-state index in [1.807, 2.05) is 6.07 Å². The highest BCUT2D eigenvalue weighted by Gasteiger charge is 2.40. The van der Waals surface area contributed by atoms with Crippen LogP contribution in [0, 0.1) is 5.92 Å². The predicted molar refractivity (Wildman–Crippen MR) is 124 cm³/mol. The lowest BCUT2D eigenvalue weighted by Crippen LogP contribution is -2.19. The van der Waals surface area contributed by atoms with Crippen LogP contribution in [-0.2, 0) is 5.41 Å². The molecular formula is C28H27N. The van der Waals surface area contributed by atoms with Crippen LogP contribution in [0.25, 0.3) is 5.57 Å². The van der Waals surface area contributed by atoms with Gasteiger partial charge in [0.1, 0.15) is 0 Å². The van der Waals surface area contributed by atoms with Crippen LogP contribution in [-0.4, -0.2) is 0 Å². The number of hydrogen-bond donors (Lipinski definition) is 1. The maximum Gasteiger partial charge on any atom is 0.0384 e. The second-order valence-electron chi connectivity index (χ2n) is 8.83. The van der Waals surface area contributed by atoms with E-state index in [0.29, 0.717) is 11.8 Å². The molecular weight excluding hydrogens is 350 g/mol. The molecule has 2 aliphatic carbocycles. The van der Waals surface area contributed by atoms with Crippen molar-refractivity contribution in [2.24, 2.45) is 5.92 Å². The molecule has 0 bridgehead atoms. The van der Waals surface area contributed by atoms with Crippen LogP contribution in [0.4, 0.5) is 11.4 Å². The van der Waals surface area contributed by atoms with Gasteiger partial charge in [0.2, 0.25) is 0 Å². The molecule has 0 heterocycles. The van der Waals surface area contributed by atoms with Crippen molar-refractivity contribution >= 4 is 16.9 Å². The number of anilines is 2. The summed E-state index contributed by atoms with van der Waals surface area (Å²) in [6.45, 7) is 7.06. The Bertz CT molecular complexity index is 1100. The minimum atomic E-state index is 0.0651. The van der Waals surface area contributed by atoms with Gasteiger partial charge in [-0.05, 0) is 58.0 Å². The summed E-state index contributed by atoms with van der Waals surface area (Å²) in [6.07, 6.45) is 5.02. The van der Waals surface area contributed by atoms with Crippen molar-refractivity contribution in [3.8, 4) is 0 Å². The summed E-state index contributed by atoms with van der Waals surface area (Å²) >= 11 is 0. The van der Waals surface area contributed by atoms with E-state index in [4.69, 9.17) is 0 Å². The second kappa shape index (κ2) is 6.77. The molecule has 1 N–H and O–H groups in total. The van der Waals surface area contributed by atoms with Crippen molar-refractivity contribution in [1.29, 1.82) is 0 Å². The topological polar surface area (TPSA) is 12.0 Å². The molecule has 2 atom stereocenters. The minimum absolute atomic E-state index is 0.0651. The van der Waals surface area contributed by atoms with Crippen molar-refractivity contribution in [3.63, 3.8) is 0 Å². The van der Waals surface area contributed by atoms with E-state index in [1.165, 1.54) is 27.8 Å². The Labute approximate surface area is 173 Å². The summed E-state index contributed by atoms with van der Waals surface area (Å²) in [4.78, 5) is 0. The largest absolute Gasteiger partial charge is 0.356 e. The zero-order chi connectivity index (χ0) is 20.0. The lowest BCUT2D eigenvalue weighted by Gasteiger charge is -2.30. The zero-order valence-electron chi connectivity index (χ0n) is 17.3. The summed E-state index contributed by atoms with van der Waals surface area (Å²) in [5, 5.41) is 3.48. The number of benzene rings is 3. The highest BCUT2D eigenvalue weighted by atomic mass is 14.9. The fourth-order valence-electron chi connectivity index (χ4n) is 4.94. The first-order chi connectivity index (χ1) is 14.0. The fraction of sp³-hybridized carbons (Fsp3) is 0.214. The molecule has 0 fully saturated rings. The van der Waals surface area contributed by atoms with Crippen LogP contribution >= 0.6 is 0 Å². The van der Waals surface area contributed by atoms with E-state index in [-0.39, 0.29) is 5.41 Å². The van der Waals surface area contributed by atoms with E-state index < -0.39 is 0 Å². The van der Waals surface area contributed by atoms with Gasteiger partial charge in [0.25, 0.3) is 0 Å². The number of para-hydroxylation sites is 1. The summed E-state index contributed by atoms with van der Waals surface area (Å²) < 4.78 is 0. The van der Waals surface area contributed by atoms with Gasteiger partial charge >= 0.3 is 0 Å². The van der Waals surface area contributed by atoms with Gasteiger partial charge in [0, 0.05) is 22.7 Å². The molecule has 0 saturated carbocycles. The number of hydrogen-bond acceptors (Lipinski definition) is 1.